The molecular formula is C19H16FN3O3. The number of aromatic hydroxyl groups is 1. The van der Waals surface area contributed by atoms with Crippen LogP contribution in [0.15, 0.2) is 41.3 Å². The number of aryl methyl sites for hydroxylation is 1. The number of nitrogens with one attached hydrogen (secondary N) is 1. The highest BCUT2D eigenvalue weighted by Gasteiger charge is 2.28. The summed E-state index contributed by atoms with van der Waals surface area (Å²) in [6, 6.07) is 7.30. The fourth-order valence-corrected chi connectivity index (χ4v) is 3.50. The van der Waals surface area contributed by atoms with Crippen molar-refractivity contribution >= 4 is 22.6 Å². The van der Waals surface area contributed by atoms with Gasteiger partial charge in [-0.15, -0.1) is 0 Å². The summed E-state index contributed by atoms with van der Waals surface area (Å²) in [5.74, 6) is -1.55. The van der Waals surface area contributed by atoms with Crippen LogP contribution in [0.2, 0.25) is 0 Å². The molecule has 0 aliphatic carbocycles. The smallest absolute Gasteiger partial charge is 0.267 e. The highest BCUT2D eigenvalue weighted by Crippen LogP contribution is 2.35. The molecule has 3 aromatic rings. The first-order valence-corrected chi connectivity index (χ1v) is 8.29. The molecule has 132 valence electrons. The zero-order valence-electron chi connectivity index (χ0n) is 14.0. The molecule has 0 bridgehead atoms. The second kappa shape index (κ2) is 5.94. The van der Waals surface area contributed by atoms with E-state index in [0.29, 0.717) is 23.9 Å². The number of carbonyl (C=O) groups is 1. The van der Waals surface area contributed by atoms with E-state index in [4.69, 9.17) is 0 Å². The van der Waals surface area contributed by atoms with Gasteiger partial charge in [0.05, 0.1) is 5.52 Å². The average molecular weight is 353 g/mol. The minimum absolute atomic E-state index is 0.162. The summed E-state index contributed by atoms with van der Waals surface area (Å²) in [6.07, 6.45) is 2.75. The van der Waals surface area contributed by atoms with Gasteiger partial charge < -0.3 is 15.0 Å². The molecule has 0 unspecified atom stereocenters. The van der Waals surface area contributed by atoms with Crippen molar-refractivity contribution < 1.29 is 14.3 Å². The third kappa shape index (κ3) is 2.44. The summed E-state index contributed by atoms with van der Waals surface area (Å²) in [4.78, 5) is 29.6. The van der Waals surface area contributed by atoms with Crippen molar-refractivity contribution in [2.75, 3.05) is 5.32 Å². The predicted molar refractivity (Wildman–Crippen MR) is 95.1 cm³/mol. The van der Waals surface area contributed by atoms with E-state index in [1.165, 1.54) is 16.8 Å². The maximum Gasteiger partial charge on any atom is 0.267 e. The van der Waals surface area contributed by atoms with Crippen molar-refractivity contribution in [2.24, 2.45) is 0 Å². The Balaban J connectivity index is 1.96. The number of pyridine rings is 2. The lowest BCUT2D eigenvalue weighted by atomic mass is 9.95. The summed E-state index contributed by atoms with van der Waals surface area (Å²) >= 11 is 0. The molecule has 4 rings (SSSR count). The summed E-state index contributed by atoms with van der Waals surface area (Å²) in [7, 11) is 0. The van der Waals surface area contributed by atoms with E-state index in [1.807, 2.05) is 6.92 Å². The molecule has 1 aliphatic heterocycles. The monoisotopic (exact) mass is 353 g/mol. The molecule has 0 spiro atoms. The molecule has 1 aliphatic rings. The van der Waals surface area contributed by atoms with Gasteiger partial charge in [0.15, 0.2) is 0 Å². The van der Waals surface area contributed by atoms with Crippen LogP contribution < -0.4 is 10.9 Å². The van der Waals surface area contributed by atoms with Gasteiger partial charge in [-0.25, -0.2) is 9.37 Å². The number of halogens is 1. The molecule has 1 amide bonds. The molecule has 0 fully saturated rings. The predicted octanol–water partition coefficient (Wildman–Crippen LogP) is 3.00. The van der Waals surface area contributed by atoms with Gasteiger partial charge in [-0.3, -0.25) is 9.59 Å². The van der Waals surface area contributed by atoms with Crippen LogP contribution in [-0.4, -0.2) is 20.6 Å². The molecule has 2 aromatic heterocycles. The fraction of sp³-hybridized carbons (Fsp3) is 0.211. The molecule has 2 N–H and O–H groups in total. The number of benzene rings is 1. The van der Waals surface area contributed by atoms with E-state index in [2.05, 4.69) is 10.3 Å². The molecule has 1 aromatic carbocycles. The Kier molecular flexibility index (Phi) is 3.72. The third-order valence-electron chi connectivity index (χ3n) is 4.72. The van der Waals surface area contributed by atoms with Gasteiger partial charge >= 0.3 is 0 Å². The minimum Gasteiger partial charge on any atom is -0.506 e. The molecular weight excluding hydrogens is 337 g/mol. The lowest BCUT2D eigenvalue weighted by Gasteiger charge is -2.26. The van der Waals surface area contributed by atoms with Gasteiger partial charge in [-0.05, 0) is 49.6 Å². The van der Waals surface area contributed by atoms with Crippen LogP contribution in [0.25, 0.3) is 10.9 Å². The third-order valence-corrected chi connectivity index (χ3v) is 4.72. The molecule has 0 saturated heterocycles. The second-order valence-corrected chi connectivity index (χ2v) is 6.42. The lowest BCUT2D eigenvalue weighted by Crippen LogP contribution is -2.33. The highest BCUT2D eigenvalue weighted by molar-refractivity contribution is 6.09. The van der Waals surface area contributed by atoms with Crippen molar-refractivity contribution in [1.82, 2.24) is 9.55 Å². The number of carbonyl (C=O) groups excluding carboxylic acids is 1. The number of rotatable bonds is 2. The van der Waals surface area contributed by atoms with Crippen LogP contribution >= 0.6 is 0 Å². The van der Waals surface area contributed by atoms with Gasteiger partial charge in [0, 0.05) is 17.6 Å². The summed E-state index contributed by atoms with van der Waals surface area (Å²) in [5, 5.41) is 13.3. The van der Waals surface area contributed by atoms with E-state index in [9.17, 15) is 19.1 Å². The van der Waals surface area contributed by atoms with E-state index in [1.54, 1.807) is 18.2 Å². The molecule has 1 atom stereocenters. The van der Waals surface area contributed by atoms with E-state index in [-0.39, 0.29) is 17.2 Å². The first-order valence-electron chi connectivity index (χ1n) is 8.29. The molecule has 3 heterocycles. The quantitative estimate of drug-likeness (QED) is 0.742. The average Bonchev–Trinajstić information content (AvgIpc) is 2.61. The van der Waals surface area contributed by atoms with Crippen molar-refractivity contribution in [3.8, 4) is 5.75 Å². The largest absolute Gasteiger partial charge is 0.506 e. The second-order valence-electron chi connectivity index (χ2n) is 6.42. The van der Waals surface area contributed by atoms with Crippen molar-refractivity contribution in [1.29, 1.82) is 0 Å². The maximum absolute atomic E-state index is 14.0. The molecule has 0 saturated carbocycles. The summed E-state index contributed by atoms with van der Waals surface area (Å²) in [6.45, 7) is 1.87. The number of hydrogen-bond donors (Lipinski definition) is 2. The zero-order valence-corrected chi connectivity index (χ0v) is 14.0. The summed E-state index contributed by atoms with van der Waals surface area (Å²) in [5.41, 5.74) is 0.140. The van der Waals surface area contributed by atoms with Gasteiger partial charge in [0.25, 0.3) is 11.5 Å². The Morgan fingerprint density at radius 2 is 2.19 bits per heavy atom. The number of anilines is 1. The first kappa shape index (κ1) is 16.3. The highest BCUT2D eigenvalue weighted by atomic mass is 19.1. The number of aromatic nitrogens is 2. The maximum atomic E-state index is 14.0. The minimum atomic E-state index is -0.777. The lowest BCUT2D eigenvalue weighted by molar-refractivity contribution is 0.102. The van der Waals surface area contributed by atoms with Crippen LogP contribution in [0.1, 0.15) is 35.3 Å². The van der Waals surface area contributed by atoms with Gasteiger partial charge in [-0.1, -0.05) is 6.07 Å². The number of hydrogen-bond acceptors (Lipinski definition) is 4. The van der Waals surface area contributed by atoms with Crippen molar-refractivity contribution in [3.05, 3.63) is 63.8 Å². The number of amides is 1. The van der Waals surface area contributed by atoms with Crippen LogP contribution in [0.3, 0.4) is 0 Å². The Morgan fingerprint density at radius 1 is 1.38 bits per heavy atom. The van der Waals surface area contributed by atoms with Crippen LogP contribution in [-0.2, 0) is 6.42 Å². The van der Waals surface area contributed by atoms with E-state index in [0.717, 1.165) is 6.07 Å². The van der Waals surface area contributed by atoms with Crippen LogP contribution in [0.4, 0.5) is 10.2 Å². The number of nitrogens with zero attached hydrogens (tertiary/aromatic N) is 2. The Hall–Kier alpha value is -3.22. The Bertz CT molecular complexity index is 1090. The topological polar surface area (TPSA) is 84.2 Å². The molecule has 0 radical (unpaired) electrons. The molecule has 7 heteroatoms. The first-order chi connectivity index (χ1) is 12.5. The van der Waals surface area contributed by atoms with Crippen LogP contribution in [0, 0.1) is 5.82 Å². The SMILES string of the molecule is C[C@@H]1CCc2cc(F)cc3c(O)c(C(=O)Nc4ccccn4)c(=O)n1c23. The normalized spacial score (nSPS) is 15.8. The van der Waals surface area contributed by atoms with Crippen molar-refractivity contribution in [3.63, 3.8) is 0 Å². The van der Waals surface area contributed by atoms with E-state index < -0.39 is 28.6 Å². The van der Waals surface area contributed by atoms with Gasteiger partial charge in [0.2, 0.25) is 0 Å². The Morgan fingerprint density at radius 3 is 2.92 bits per heavy atom. The van der Waals surface area contributed by atoms with Crippen LogP contribution in [0.5, 0.6) is 5.75 Å². The Labute approximate surface area is 147 Å². The fourth-order valence-electron chi connectivity index (χ4n) is 3.50. The van der Waals surface area contributed by atoms with E-state index >= 15 is 0 Å². The molecule has 26 heavy (non-hydrogen) atoms. The van der Waals surface area contributed by atoms with Gasteiger partial charge in [0.1, 0.15) is 22.9 Å². The summed E-state index contributed by atoms with van der Waals surface area (Å²) < 4.78 is 15.5. The van der Waals surface area contributed by atoms with Crippen molar-refractivity contribution in [2.45, 2.75) is 25.8 Å². The zero-order chi connectivity index (χ0) is 18.4. The van der Waals surface area contributed by atoms with Gasteiger partial charge in [-0.2, -0.15) is 0 Å². The molecule has 6 nitrogen and oxygen atoms in total. The standard InChI is InChI=1S/C19H16FN3O3/c1-10-5-6-11-8-12(20)9-13-16(11)23(10)19(26)15(17(13)24)18(25)22-14-4-2-3-7-21-14/h2-4,7-10,24H,5-6H2,1H3,(H,21,22,25)/t10-/m1/s1.